The highest BCUT2D eigenvalue weighted by Gasteiger charge is 2.75. The molecular formula is C15H15ClN2O6. The van der Waals surface area contributed by atoms with E-state index in [0.717, 1.165) is 0 Å². The molecule has 9 heteroatoms. The van der Waals surface area contributed by atoms with Crippen LogP contribution in [0.3, 0.4) is 0 Å². The van der Waals surface area contributed by atoms with Gasteiger partial charge in [0.15, 0.2) is 0 Å². The van der Waals surface area contributed by atoms with Crippen LogP contribution in [0.1, 0.15) is 6.42 Å². The first-order valence-corrected chi connectivity index (χ1v) is 7.60. The summed E-state index contributed by atoms with van der Waals surface area (Å²) >= 11 is 5.75. The average Bonchev–Trinajstić information content (AvgIpc) is 3.18. The number of rotatable bonds is 4. The van der Waals surface area contributed by atoms with Crippen molar-refractivity contribution in [2.75, 3.05) is 5.32 Å². The molecule has 2 fully saturated rings. The van der Waals surface area contributed by atoms with Crippen LogP contribution in [0.2, 0.25) is 5.02 Å². The zero-order valence-electron chi connectivity index (χ0n) is 12.3. The van der Waals surface area contributed by atoms with E-state index in [1.807, 2.05) is 0 Å². The van der Waals surface area contributed by atoms with Gasteiger partial charge in [0, 0.05) is 29.0 Å². The first kappa shape index (κ1) is 16.5. The Morgan fingerprint density at radius 3 is 2.42 bits per heavy atom. The first-order valence-electron chi connectivity index (χ1n) is 7.22. The van der Waals surface area contributed by atoms with Gasteiger partial charge in [0.1, 0.15) is 11.6 Å². The Morgan fingerprint density at radius 2 is 1.88 bits per heavy atom. The second-order valence-corrected chi connectivity index (χ2v) is 6.53. The number of aliphatic carboxylic acids is 2. The number of hydrogen-bond donors (Lipinski definition) is 4. The van der Waals surface area contributed by atoms with E-state index in [1.54, 1.807) is 24.3 Å². The van der Waals surface area contributed by atoms with Crippen molar-refractivity contribution in [3.8, 4) is 0 Å². The summed E-state index contributed by atoms with van der Waals surface area (Å²) in [5, 5.41) is 21.4. The molecule has 0 heterocycles. The van der Waals surface area contributed by atoms with Gasteiger partial charge in [-0.1, -0.05) is 11.6 Å². The van der Waals surface area contributed by atoms with E-state index in [2.05, 4.69) is 5.32 Å². The van der Waals surface area contributed by atoms with Gasteiger partial charge in [0.25, 0.3) is 0 Å². The Balaban J connectivity index is 1.69. The van der Waals surface area contributed by atoms with Gasteiger partial charge in [-0.05, 0) is 24.3 Å². The molecule has 8 nitrogen and oxygen atoms in total. The SMILES string of the molecule is NC1(C(=O)O)CC(OC(=O)Nc2ccc(Cl)cc2)C2C(C(=O)O)C21. The molecule has 5 N–H and O–H groups in total. The number of carboxylic acids is 2. The topological polar surface area (TPSA) is 139 Å². The number of ether oxygens (including phenoxy) is 1. The van der Waals surface area contributed by atoms with E-state index in [1.165, 1.54) is 0 Å². The number of amides is 1. The van der Waals surface area contributed by atoms with Crippen molar-refractivity contribution in [1.82, 2.24) is 0 Å². The van der Waals surface area contributed by atoms with Gasteiger partial charge in [-0.2, -0.15) is 0 Å². The van der Waals surface area contributed by atoms with Crippen LogP contribution < -0.4 is 11.1 Å². The molecule has 5 unspecified atom stereocenters. The van der Waals surface area contributed by atoms with Gasteiger partial charge >= 0.3 is 18.0 Å². The first-order chi connectivity index (χ1) is 11.2. The van der Waals surface area contributed by atoms with Crippen LogP contribution in [0, 0.1) is 17.8 Å². The molecule has 1 aromatic carbocycles. The summed E-state index contributed by atoms with van der Waals surface area (Å²) in [5.74, 6) is -4.65. The minimum Gasteiger partial charge on any atom is -0.481 e. The zero-order chi connectivity index (χ0) is 17.6. The molecular weight excluding hydrogens is 340 g/mol. The zero-order valence-corrected chi connectivity index (χ0v) is 13.1. The Bertz CT molecular complexity index is 708. The van der Waals surface area contributed by atoms with E-state index in [9.17, 15) is 19.5 Å². The lowest BCUT2D eigenvalue weighted by Gasteiger charge is -2.24. The highest BCUT2D eigenvalue weighted by molar-refractivity contribution is 6.30. The van der Waals surface area contributed by atoms with Gasteiger partial charge in [0.2, 0.25) is 0 Å². The number of nitrogens with one attached hydrogen (secondary N) is 1. The summed E-state index contributed by atoms with van der Waals surface area (Å²) in [7, 11) is 0. The van der Waals surface area contributed by atoms with Gasteiger partial charge in [0.05, 0.1) is 5.92 Å². The lowest BCUT2D eigenvalue weighted by molar-refractivity contribution is -0.146. The van der Waals surface area contributed by atoms with Crippen LogP contribution in [0.25, 0.3) is 0 Å². The number of benzene rings is 1. The third-order valence-corrected chi connectivity index (χ3v) is 4.92. The number of carbonyl (C=O) groups excluding carboxylic acids is 1. The molecule has 2 aliphatic carbocycles. The normalized spacial score (nSPS) is 33.4. The number of carbonyl (C=O) groups is 3. The van der Waals surface area contributed by atoms with Gasteiger partial charge in [-0.25, -0.2) is 4.79 Å². The molecule has 0 spiro atoms. The fraction of sp³-hybridized carbons (Fsp3) is 0.400. The lowest BCUT2D eigenvalue weighted by Crippen LogP contribution is -2.51. The van der Waals surface area contributed by atoms with Crippen molar-refractivity contribution in [3.63, 3.8) is 0 Å². The third-order valence-electron chi connectivity index (χ3n) is 4.67. The minimum absolute atomic E-state index is 0.116. The molecule has 128 valence electrons. The Hall–Kier alpha value is -2.32. The lowest BCUT2D eigenvalue weighted by atomic mass is 9.91. The Morgan fingerprint density at radius 1 is 1.25 bits per heavy atom. The Kier molecular flexibility index (Phi) is 3.89. The highest BCUT2D eigenvalue weighted by Crippen LogP contribution is 2.62. The van der Waals surface area contributed by atoms with Crippen LogP contribution >= 0.6 is 11.6 Å². The number of carboxylic acid groups (broad SMARTS) is 2. The summed E-state index contributed by atoms with van der Waals surface area (Å²) in [6.07, 6.45) is -1.77. The van der Waals surface area contributed by atoms with E-state index < -0.39 is 47.4 Å². The van der Waals surface area contributed by atoms with Crippen molar-refractivity contribution in [2.24, 2.45) is 23.5 Å². The molecule has 5 atom stereocenters. The Labute approximate surface area is 141 Å². The van der Waals surface area contributed by atoms with E-state index in [4.69, 9.17) is 27.2 Å². The second kappa shape index (κ2) is 5.64. The summed E-state index contributed by atoms with van der Waals surface area (Å²) in [6, 6.07) is 6.31. The van der Waals surface area contributed by atoms with Gasteiger partial charge in [-0.15, -0.1) is 0 Å². The molecule has 0 aromatic heterocycles. The van der Waals surface area contributed by atoms with E-state index >= 15 is 0 Å². The summed E-state index contributed by atoms with van der Waals surface area (Å²) in [6.45, 7) is 0. The predicted octanol–water partition coefficient (Wildman–Crippen LogP) is 1.39. The number of anilines is 1. The van der Waals surface area contributed by atoms with Crippen LogP contribution in [-0.2, 0) is 14.3 Å². The molecule has 3 rings (SSSR count). The van der Waals surface area contributed by atoms with Gasteiger partial charge < -0.3 is 20.7 Å². The monoisotopic (exact) mass is 354 g/mol. The predicted molar refractivity (Wildman–Crippen MR) is 82.6 cm³/mol. The van der Waals surface area contributed by atoms with E-state index in [0.29, 0.717) is 10.7 Å². The fourth-order valence-electron chi connectivity index (χ4n) is 3.55. The number of nitrogens with two attached hydrogens (primary N) is 1. The molecule has 1 amide bonds. The van der Waals surface area contributed by atoms with Crippen molar-refractivity contribution in [1.29, 1.82) is 0 Å². The molecule has 2 aliphatic rings. The maximum atomic E-state index is 12.0. The summed E-state index contributed by atoms with van der Waals surface area (Å²) in [4.78, 5) is 34.6. The second-order valence-electron chi connectivity index (χ2n) is 6.09. The smallest absolute Gasteiger partial charge is 0.411 e. The number of halogens is 1. The largest absolute Gasteiger partial charge is 0.481 e. The summed E-state index contributed by atoms with van der Waals surface area (Å²) in [5.41, 5.74) is 4.61. The molecule has 0 bridgehead atoms. The van der Waals surface area contributed by atoms with Crippen LogP contribution in [0.4, 0.5) is 10.5 Å². The molecule has 2 saturated carbocycles. The average molecular weight is 355 g/mol. The standard InChI is InChI=1S/C15H15ClN2O6/c16-6-1-3-7(4-2-6)18-14(23)24-8-5-15(17,13(21)22)11-9(8)10(11)12(19)20/h1-4,8-11H,5,17H2,(H,18,23)(H,19,20)(H,21,22). The third kappa shape index (κ3) is 2.67. The number of hydrogen-bond acceptors (Lipinski definition) is 5. The molecule has 1 aromatic rings. The minimum atomic E-state index is -1.70. The highest BCUT2D eigenvalue weighted by atomic mass is 35.5. The van der Waals surface area contributed by atoms with Crippen molar-refractivity contribution < 1.29 is 29.3 Å². The molecule has 0 radical (unpaired) electrons. The summed E-state index contributed by atoms with van der Waals surface area (Å²) < 4.78 is 5.24. The van der Waals surface area contributed by atoms with E-state index in [-0.39, 0.29) is 6.42 Å². The van der Waals surface area contributed by atoms with Crippen LogP contribution in [0.15, 0.2) is 24.3 Å². The van der Waals surface area contributed by atoms with Crippen molar-refractivity contribution >= 4 is 35.3 Å². The van der Waals surface area contributed by atoms with Crippen LogP contribution in [-0.4, -0.2) is 39.9 Å². The van der Waals surface area contributed by atoms with Crippen molar-refractivity contribution in [3.05, 3.63) is 29.3 Å². The fourth-order valence-corrected chi connectivity index (χ4v) is 3.68. The molecule has 24 heavy (non-hydrogen) atoms. The van der Waals surface area contributed by atoms with Crippen molar-refractivity contribution in [2.45, 2.75) is 18.1 Å². The maximum Gasteiger partial charge on any atom is 0.411 e. The van der Waals surface area contributed by atoms with Crippen LogP contribution in [0.5, 0.6) is 0 Å². The van der Waals surface area contributed by atoms with Gasteiger partial charge in [-0.3, -0.25) is 14.9 Å². The quantitative estimate of drug-likeness (QED) is 0.640. The number of fused-ring (bicyclic) bond motifs is 1. The maximum absolute atomic E-state index is 12.0. The molecule has 0 saturated heterocycles. The molecule has 0 aliphatic heterocycles.